The van der Waals surface area contributed by atoms with E-state index >= 15 is 0 Å². The highest BCUT2D eigenvalue weighted by Gasteiger charge is 2.50. The van der Waals surface area contributed by atoms with Gasteiger partial charge in [-0.3, -0.25) is 0 Å². The van der Waals surface area contributed by atoms with E-state index in [9.17, 15) is 35.7 Å². The first kappa shape index (κ1) is 30.8. The summed E-state index contributed by atoms with van der Waals surface area (Å²) in [4.78, 5) is 0. The summed E-state index contributed by atoms with van der Waals surface area (Å²) < 4.78 is 22.0. The van der Waals surface area contributed by atoms with Crippen LogP contribution >= 0.6 is 0 Å². The van der Waals surface area contributed by atoms with Gasteiger partial charge in [0.1, 0.15) is 48.8 Å². The molecule has 1 unspecified atom stereocenters. The summed E-state index contributed by atoms with van der Waals surface area (Å²) in [5.74, 6) is 0. The fourth-order valence-corrected chi connectivity index (χ4v) is 4.48. The van der Waals surface area contributed by atoms with E-state index in [-0.39, 0.29) is 0 Å². The topological polar surface area (TPSA) is 179 Å². The molecular weight excluding hydrogens is 464 g/mol. The Morgan fingerprint density at radius 1 is 0.571 bits per heavy atom. The highest BCUT2D eigenvalue weighted by atomic mass is 16.7. The molecular formula is C24H46O11. The van der Waals surface area contributed by atoms with Crippen LogP contribution in [-0.2, 0) is 18.9 Å². The fourth-order valence-electron chi connectivity index (χ4n) is 4.48. The number of aliphatic hydroxyl groups is 7. The largest absolute Gasteiger partial charge is 0.394 e. The van der Waals surface area contributed by atoms with Crippen molar-refractivity contribution in [3.8, 4) is 0 Å². The molecule has 0 saturated carbocycles. The zero-order valence-electron chi connectivity index (χ0n) is 20.7. The molecule has 10 atom stereocenters. The predicted molar refractivity (Wildman–Crippen MR) is 124 cm³/mol. The second kappa shape index (κ2) is 16.4. The summed E-state index contributed by atoms with van der Waals surface area (Å²) in [6.45, 7) is 1.31. The number of hydrogen-bond donors (Lipinski definition) is 7. The lowest BCUT2D eigenvalue weighted by molar-refractivity contribution is -0.359. The van der Waals surface area contributed by atoms with E-state index in [1.807, 2.05) is 0 Å². The van der Waals surface area contributed by atoms with Crippen molar-refractivity contribution < 1.29 is 54.7 Å². The molecule has 35 heavy (non-hydrogen) atoms. The summed E-state index contributed by atoms with van der Waals surface area (Å²) in [5, 5.41) is 70.1. The van der Waals surface area contributed by atoms with Gasteiger partial charge in [-0.25, -0.2) is 0 Å². The van der Waals surface area contributed by atoms with Gasteiger partial charge in [-0.1, -0.05) is 64.7 Å². The molecule has 0 aromatic rings. The summed E-state index contributed by atoms with van der Waals surface area (Å²) in [6, 6.07) is 0. The van der Waals surface area contributed by atoms with Crippen LogP contribution in [0.1, 0.15) is 71.1 Å². The van der Waals surface area contributed by atoms with Gasteiger partial charge in [-0.15, -0.1) is 0 Å². The maximum absolute atomic E-state index is 10.6. The van der Waals surface area contributed by atoms with Crippen LogP contribution in [0.3, 0.4) is 0 Å². The van der Waals surface area contributed by atoms with Crippen molar-refractivity contribution in [2.45, 2.75) is 133 Å². The van der Waals surface area contributed by atoms with E-state index in [1.54, 1.807) is 0 Å². The van der Waals surface area contributed by atoms with Gasteiger partial charge in [0.05, 0.1) is 13.2 Å². The molecule has 0 spiro atoms. The molecule has 0 radical (unpaired) electrons. The minimum atomic E-state index is -1.69. The summed E-state index contributed by atoms with van der Waals surface area (Å²) in [7, 11) is 0. The first-order chi connectivity index (χ1) is 16.8. The average molecular weight is 511 g/mol. The van der Waals surface area contributed by atoms with E-state index in [0.717, 1.165) is 19.3 Å². The second-order valence-corrected chi connectivity index (χ2v) is 9.56. The zero-order chi connectivity index (χ0) is 25.8. The molecule has 0 aromatic heterocycles. The minimum absolute atomic E-state index is 0.321. The molecule has 2 rings (SSSR count). The lowest BCUT2D eigenvalue weighted by Crippen LogP contribution is -2.64. The van der Waals surface area contributed by atoms with Crippen LogP contribution in [0.2, 0.25) is 0 Å². The average Bonchev–Trinajstić information content (AvgIpc) is 2.86. The van der Waals surface area contributed by atoms with Crippen molar-refractivity contribution in [1.82, 2.24) is 0 Å². The first-order valence-corrected chi connectivity index (χ1v) is 13.1. The van der Waals surface area contributed by atoms with Gasteiger partial charge in [0.2, 0.25) is 0 Å². The SMILES string of the molecule is CCCCCCCCCCCCO[C@H]1O[C@H](CO)[C@H](O[C@H]2O[C@H](CO)[C@H](O)C(O)[C@H]2O)[C@@H](O)[C@H]1O. The number of aliphatic hydroxyl groups excluding tert-OH is 7. The molecule has 0 amide bonds. The minimum Gasteiger partial charge on any atom is -0.394 e. The Bertz CT molecular complexity index is 550. The summed E-state index contributed by atoms with van der Waals surface area (Å²) in [6.07, 6.45) is -2.63. The molecule has 2 aliphatic heterocycles. The molecule has 2 saturated heterocycles. The number of ether oxygens (including phenoxy) is 4. The highest BCUT2D eigenvalue weighted by molar-refractivity contribution is 4.94. The Balaban J connectivity index is 1.74. The Hall–Kier alpha value is -0.440. The van der Waals surface area contributed by atoms with Crippen molar-refractivity contribution >= 4 is 0 Å². The first-order valence-electron chi connectivity index (χ1n) is 13.1. The molecule has 0 bridgehead atoms. The molecule has 2 heterocycles. The van der Waals surface area contributed by atoms with Crippen LogP contribution in [0.5, 0.6) is 0 Å². The van der Waals surface area contributed by atoms with Gasteiger partial charge in [0, 0.05) is 6.61 Å². The van der Waals surface area contributed by atoms with E-state index in [2.05, 4.69) is 6.92 Å². The Kier molecular flexibility index (Phi) is 14.4. The standard InChI is InChI=1S/C24H46O11/c1-2-3-4-5-6-7-8-9-10-11-12-32-23-21(31)19(29)22(16(14-26)34-23)35-24-20(30)18(28)17(27)15(13-25)33-24/h15-31H,2-14H2,1H3/t15-,16-,17+,18?,19+,20-,21-,22+,23+,24-/m1/s1. The molecule has 0 aliphatic carbocycles. The summed E-state index contributed by atoms with van der Waals surface area (Å²) in [5.41, 5.74) is 0. The third-order valence-electron chi connectivity index (χ3n) is 6.74. The lowest BCUT2D eigenvalue weighted by Gasteiger charge is -2.45. The lowest BCUT2D eigenvalue weighted by atomic mass is 9.97. The van der Waals surface area contributed by atoms with Gasteiger partial charge in [0.15, 0.2) is 12.6 Å². The normalized spacial score (nSPS) is 38.1. The second-order valence-electron chi connectivity index (χ2n) is 9.56. The van der Waals surface area contributed by atoms with Crippen molar-refractivity contribution in [1.29, 1.82) is 0 Å². The molecule has 2 fully saturated rings. The Morgan fingerprint density at radius 2 is 1.09 bits per heavy atom. The van der Waals surface area contributed by atoms with Crippen LogP contribution in [0, 0.1) is 0 Å². The molecule has 11 nitrogen and oxygen atoms in total. The van der Waals surface area contributed by atoms with Crippen LogP contribution < -0.4 is 0 Å². The smallest absolute Gasteiger partial charge is 0.187 e. The fraction of sp³-hybridized carbons (Fsp3) is 1.00. The monoisotopic (exact) mass is 510 g/mol. The molecule has 7 N–H and O–H groups in total. The van der Waals surface area contributed by atoms with Gasteiger partial charge < -0.3 is 54.7 Å². The molecule has 11 heteroatoms. The number of rotatable bonds is 16. The van der Waals surface area contributed by atoms with Gasteiger partial charge in [-0.2, -0.15) is 0 Å². The highest BCUT2D eigenvalue weighted by Crippen LogP contribution is 2.29. The summed E-state index contributed by atoms with van der Waals surface area (Å²) >= 11 is 0. The quantitative estimate of drug-likeness (QED) is 0.134. The predicted octanol–water partition coefficient (Wildman–Crippen LogP) is -0.452. The van der Waals surface area contributed by atoms with E-state index < -0.39 is 74.6 Å². The van der Waals surface area contributed by atoms with Gasteiger partial charge >= 0.3 is 0 Å². The zero-order valence-corrected chi connectivity index (χ0v) is 20.7. The maximum Gasteiger partial charge on any atom is 0.187 e. The number of hydrogen-bond acceptors (Lipinski definition) is 11. The van der Waals surface area contributed by atoms with Crippen LogP contribution in [-0.4, -0.2) is 117 Å². The number of unbranched alkanes of at least 4 members (excludes halogenated alkanes) is 9. The maximum atomic E-state index is 10.6. The Morgan fingerprint density at radius 3 is 1.66 bits per heavy atom. The van der Waals surface area contributed by atoms with Crippen molar-refractivity contribution in [2.24, 2.45) is 0 Å². The third-order valence-corrected chi connectivity index (χ3v) is 6.74. The van der Waals surface area contributed by atoms with Crippen LogP contribution in [0.15, 0.2) is 0 Å². The van der Waals surface area contributed by atoms with Crippen molar-refractivity contribution in [3.63, 3.8) is 0 Å². The van der Waals surface area contributed by atoms with Crippen molar-refractivity contribution in [2.75, 3.05) is 19.8 Å². The van der Waals surface area contributed by atoms with E-state index in [4.69, 9.17) is 18.9 Å². The molecule has 2 aliphatic rings. The van der Waals surface area contributed by atoms with E-state index in [0.29, 0.717) is 6.61 Å². The van der Waals surface area contributed by atoms with Gasteiger partial charge in [0.25, 0.3) is 0 Å². The van der Waals surface area contributed by atoms with E-state index in [1.165, 1.54) is 44.9 Å². The van der Waals surface area contributed by atoms with Crippen molar-refractivity contribution in [3.05, 3.63) is 0 Å². The van der Waals surface area contributed by atoms with Crippen LogP contribution in [0.25, 0.3) is 0 Å². The third kappa shape index (κ3) is 9.11. The molecule has 208 valence electrons. The Labute approximate surface area is 207 Å². The van der Waals surface area contributed by atoms with Crippen LogP contribution in [0.4, 0.5) is 0 Å². The molecule has 0 aromatic carbocycles. The van der Waals surface area contributed by atoms with Gasteiger partial charge in [-0.05, 0) is 6.42 Å².